The Morgan fingerprint density at radius 2 is 2.00 bits per heavy atom. The SMILES string of the molecule is C=CCNC(=O)NC(=O)Cn1cnc2c(cnn2-c2ccccc2)c1=O. The molecule has 132 valence electrons. The summed E-state index contributed by atoms with van der Waals surface area (Å²) in [4.78, 5) is 40.1. The third kappa shape index (κ3) is 3.51. The lowest BCUT2D eigenvalue weighted by Crippen LogP contribution is -2.42. The van der Waals surface area contributed by atoms with E-state index in [4.69, 9.17) is 0 Å². The lowest BCUT2D eigenvalue weighted by Gasteiger charge is -2.07. The lowest BCUT2D eigenvalue weighted by atomic mass is 10.3. The first-order valence-electron chi connectivity index (χ1n) is 7.77. The van der Waals surface area contributed by atoms with Gasteiger partial charge >= 0.3 is 6.03 Å². The summed E-state index contributed by atoms with van der Waals surface area (Å²) < 4.78 is 2.67. The Hall–Kier alpha value is -3.75. The summed E-state index contributed by atoms with van der Waals surface area (Å²) in [5.74, 6) is -0.634. The number of hydrogen-bond donors (Lipinski definition) is 2. The number of aromatic nitrogens is 4. The second-order valence-corrected chi connectivity index (χ2v) is 5.35. The maximum atomic E-state index is 12.5. The van der Waals surface area contributed by atoms with E-state index in [-0.39, 0.29) is 18.5 Å². The number of nitrogens with one attached hydrogen (secondary N) is 2. The van der Waals surface area contributed by atoms with Gasteiger partial charge in [-0.25, -0.2) is 14.5 Å². The Morgan fingerprint density at radius 1 is 1.23 bits per heavy atom. The summed E-state index contributed by atoms with van der Waals surface area (Å²) in [6.07, 6.45) is 4.15. The highest BCUT2D eigenvalue weighted by atomic mass is 16.2. The number of hydrogen-bond acceptors (Lipinski definition) is 5. The van der Waals surface area contributed by atoms with Crippen molar-refractivity contribution < 1.29 is 9.59 Å². The van der Waals surface area contributed by atoms with Gasteiger partial charge in [0.2, 0.25) is 5.91 Å². The van der Waals surface area contributed by atoms with Crippen molar-refractivity contribution in [3.8, 4) is 5.69 Å². The van der Waals surface area contributed by atoms with Gasteiger partial charge in [0, 0.05) is 6.54 Å². The van der Waals surface area contributed by atoms with Crippen molar-refractivity contribution in [3.63, 3.8) is 0 Å². The van der Waals surface area contributed by atoms with Crippen molar-refractivity contribution in [1.29, 1.82) is 0 Å². The van der Waals surface area contributed by atoms with E-state index in [0.717, 1.165) is 10.3 Å². The molecule has 9 nitrogen and oxygen atoms in total. The summed E-state index contributed by atoms with van der Waals surface area (Å²) in [7, 11) is 0. The van der Waals surface area contributed by atoms with Gasteiger partial charge in [0.15, 0.2) is 5.65 Å². The predicted octanol–water partition coefficient (Wildman–Crippen LogP) is 0.594. The minimum absolute atomic E-state index is 0.227. The van der Waals surface area contributed by atoms with Crippen LogP contribution in [0, 0.1) is 0 Å². The molecule has 0 bridgehead atoms. The van der Waals surface area contributed by atoms with E-state index < -0.39 is 17.5 Å². The molecule has 0 saturated carbocycles. The molecule has 2 heterocycles. The van der Waals surface area contributed by atoms with Gasteiger partial charge in [-0.05, 0) is 12.1 Å². The number of carbonyl (C=O) groups excluding carboxylic acids is 2. The standard InChI is InChI=1S/C17H16N6O3/c1-2-8-18-17(26)21-14(24)10-22-11-19-15-13(16(22)25)9-20-23(15)12-6-4-3-5-7-12/h2-7,9,11H,1,8,10H2,(H2,18,21,24,26). The van der Waals surface area contributed by atoms with Gasteiger partial charge in [0.1, 0.15) is 18.3 Å². The molecule has 26 heavy (non-hydrogen) atoms. The average Bonchev–Trinajstić information content (AvgIpc) is 3.08. The molecular weight excluding hydrogens is 336 g/mol. The van der Waals surface area contributed by atoms with Crippen LogP contribution in [-0.4, -0.2) is 37.8 Å². The molecule has 0 atom stereocenters. The Kier molecular flexibility index (Phi) is 4.88. The molecule has 3 aromatic rings. The van der Waals surface area contributed by atoms with Crippen LogP contribution >= 0.6 is 0 Å². The summed E-state index contributed by atoms with van der Waals surface area (Å²) in [5, 5.41) is 9.01. The third-order valence-electron chi connectivity index (χ3n) is 3.53. The fourth-order valence-electron chi connectivity index (χ4n) is 2.35. The normalized spacial score (nSPS) is 10.5. The van der Waals surface area contributed by atoms with E-state index in [1.807, 2.05) is 30.3 Å². The molecule has 0 aliphatic rings. The van der Waals surface area contributed by atoms with Crippen molar-refractivity contribution in [2.45, 2.75) is 6.54 Å². The van der Waals surface area contributed by atoms with Gasteiger partial charge in [0.25, 0.3) is 5.56 Å². The first-order chi connectivity index (χ1) is 12.6. The van der Waals surface area contributed by atoms with Crippen LogP contribution in [0.15, 0.2) is 60.3 Å². The first kappa shape index (κ1) is 17.1. The Labute approximate surface area is 148 Å². The topological polar surface area (TPSA) is 111 Å². The molecule has 2 N–H and O–H groups in total. The minimum atomic E-state index is -0.658. The number of carbonyl (C=O) groups is 2. The summed E-state index contributed by atoms with van der Waals surface area (Å²) in [6.45, 7) is 3.35. The van der Waals surface area contributed by atoms with E-state index in [0.29, 0.717) is 5.65 Å². The minimum Gasteiger partial charge on any atom is -0.334 e. The second kappa shape index (κ2) is 7.43. The molecule has 0 fully saturated rings. The van der Waals surface area contributed by atoms with Crippen LogP contribution in [0.5, 0.6) is 0 Å². The van der Waals surface area contributed by atoms with E-state index >= 15 is 0 Å². The van der Waals surface area contributed by atoms with Crippen LogP contribution in [0.4, 0.5) is 4.79 Å². The third-order valence-corrected chi connectivity index (χ3v) is 3.53. The molecule has 2 aromatic heterocycles. The molecule has 0 aliphatic carbocycles. The Bertz CT molecular complexity index is 1020. The summed E-state index contributed by atoms with van der Waals surface area (Å²) in [5.41, 5.74) is 0.740. The number of benzene rings is 1. The Morgan fingerprint density at radius 3 is 2.73 bits per heavy atom. The van der Waals surface area contributed by atoms with Gasteiger partial charge in [0.05, 0.1) is 11.9 Å². The molecule has 3 amide bonds. The quantitative estimate of drug-likeness (QED) is 0.653. The zero-order valence-electron chi connectivity index (χ0n) is 13.8. The van der Waals surface area contributed by atoms with Crippen LogP contribution in [0.25, 0.3) is 16.7 Å². The average molecular weight is 352 g/mol. The van der Waals surface area contributed by atoms with E-state index in [1.54, 1.807) is 4.68 Å². The highest BCUT2D eigenvalue weighted by Crippen LogP contribution is 2.12. The highest BCUT2D eigenvalue weighted by Gasteiger charge is 2.14. The summed E-state index contributed by atoms with van der Waals surface area (Å²) >= 11 is 0. The van der Waals surface area contributed by atoms with Crippen molar-refractivity contribution in [2.24, 2.45) is 0 Å². The van der Waals surface area contributed by atoms with E-state index in [9.17, 15) is 14.4 Å². The fraction of sp³-hybridized carbons (Fsp3) is 0.118. The van der Waals surface area contributed by atoms with Crippen LogP contribution in [0.3, 0.4) is 0 Å². The monoisotopic (exact) mass is 352 g/mol. The predicted molar refractivity (Wildman–Crippen MR) is 94.9 cm³/mol. The molecular formula is C17H16N6O3. The van der Waals surface area contributed by atoms with Crippen molar-refractivity contribution >= 4 is 23.0 Å². The molecule has 1 aromatic carbocycles. The van der Waals surface area contributed by atoms with E-state index in [2.05, 4.69) is 27.3 Å². The molecule has 3 rings (SSSR count). The fourth-order valence-corrected chi connectivity index (χ4v) is 2.35. The van der Waals surface area contributed by atoms with Crippen LogP contribution in [0.1, 0.15) is 0 Å². The zero-order chi connectivity index (χ0) is 18.5. The lowest BCUT2D eigenvalue weighted by molar-refractivity contribution is -0.120. The highest BCUT2D eigenvalue weighted by molar-refractivity contribution is 5.94. The molecule has 9 heteroatoms. The van der Waals surface area contributed by atoms with Crippen LogP contribution < -0.4 is 16.2 Å². The molecule has 0 radical (unpaired) electrons. The van der Waals surface area contributed by atoms with Crippen molar-refractivity contribution in [3.05, 3.63) is 65.9 Å². The smallest absolute Gasteiger partial charge is 0.321 e. The molecule has 0 spiro atoms. The van der Waals surface area contributed by atoms with Gasteiger partial charge in [-0.3, -0.25) is 19.5 Å². The van der Waals surface area contributed by atoms with Gasteiger partial charge < -0.3 is 5.32 Å². The van der Waals surface area contributed by atoms with Gasteiger partial charge in [-0.15, -0.1) is 6.58 Å². The van der Waals surface area contributed by atoms with Gasteiger partial charge in [-0.2, -0.15) is 5.10 Å². The first-order valence-corrected chi connectivity index (χ1v) is 7.77. The maximum Gasteiger partial charge on any atom is 0.321 e. The number of fused-ring (bicyclic) bond motifs is 1. The number of amides is 3. The van der Waals surface area contributed by atoms with Gasteiger partial charge in [-0.1, -0.05) is 24.3 Å². The number of para-hydroxylation sites is 1. The molecule has 0 saturated heterocycles. The molecule has 0 aliphatic heterocycles. The number of rotatable bonds is 5. The maximum absolute atomic E-state index is 12.5. The molecule has 0 unspecified atom stereocenters. The number of imide groups is 1. The number of urea groups is 1. The van der Waals surface area contributed by atoms with Crippen LogP contribution in [0.2, 0.25) is 0 Å². The van der Waals surface area contributed by atoms with Crippen molar-refractivity contribution in [2.75, 3.05) is 6.54 Å². The van der Waals surface area contributed by atoms with Crippen molar-refractivity contribution in [1.82, 2.24) is 30.0 Å². The van der Waals surface area contributed by atoms with E-state index in [1.165, 1.54) is 18.6 Å². The summed E-state index contributed by atoms with van der Waals surface area (Å²) in [6, 6.07) is 8.61. The second-order valence-electron chi connectivity index (χ2n) is 5.35. The largest absolute Gasteiger partial charge is 0.334 e. The van der Waals surface area contributed by atoms with Crippen LogP contribution in [-0.2, 0) is 11.3 Å². The number of nitrogens with zero attached hydrogens (tertiary/aromatic N) is 4. The Balaban J connectivity index is 1.82. The zero-order valence-corrected chi connectivity index (χ0v) is 13.8.